The van der Waals surface area contributed by atoms with E-state index in [4.69, 9.17) is 16.3 Å². The number of likely N-dealkylation sites (tertiary alicyclic amines) is 1. The zero-order chi connectivity index (χ0) is 19.0. The number of benzene rings is 1. The molecule has 1 saturated carbocycles. The highest BCUT2D eigenvalue weighted by molar-refractivity contribution is 6.30. The minimum absolute atomic E-state index is 0.0161. The Morgan fingerprint density at radius 2 is 2.00 bits per heavy atom. The molecule has 1 aromatic heterocycles. The van der Waals surface area contributed by atoms with Gasteiger partial charge in [-0.05, 0) is 61.4 Å². The normalized spacial score (nSPS) is 27.3. The van der Waals surface area contributed by atoms with Crippen molar-refractivity contribution in [3.8, 4) is 5.75 Å². The van der Waals surface area contributed by atoms with Crippen molar-refractivity contribution in [2.24, 2.45) is 11.8 Å². The number of hydrogen-bond acceptors (Lipinski definition) is 4. The Bertz CT molecular complexity index is 844. The highest BCUT2D eigenvalue weighted by atomic mass is 35.5. The molecule has 0 unspecified atom stereocenters. The molecule has 1 N–H and O–H groups in total. The summed E-state index contributed by atoms with van der Waals surface area (Å²) < 4.78 is 6.00. The Morgan fingerprint density at radius 1 is 1.22 bits per heavy atom. The molecule has 0 radical (unpaired) electrons. The third kappa shape index (κ3) is 3.94. The van der Waals surface area contributed by atoms with E-state index in [1.165, 1.54) is 0 Å². The van der Waals surface area contributed by atoms with Gasteiger partial charge in [-0.25, -0.2) is 0 Å². The van der Waals surface area contributed by atoms with Gasteiger partial charge in [0.25, 0.3) is 5.91 Å². The molecule has 1 aliphatic carbocycles. The van der Waals surface area contributed by atoms with Crippen LogP contribution in [0.15, 0.2) is 42.7 Å². The van der Waals surface area contributed by atoms with E-state index in [2.05, 4.69) is 4.98 Å². The maximum atomic E-state index is 12.8. The van der Waals surface area contributed by atoms with E-state index in [-0.39, 0.29) is 12.0 Å². The van der Waals surface area contributed by atoms with E-state index in [0.717, 1.165) is 12.0 Å². The second-order valence-electron chi connectivity index (χ2n) is 7.63. The maximum absolute atomic E-state index is 12.8. The van der Waals surface area contributed by atoms with Crippen LogP contribution in [0.1, 0.15) is 28.8 Å². The number of rotatable bonds is 3. The zero-order valence-electron chi connectivity index (χ0n) is 15.2. The van der Waals surface area contributed by atoms with Crippen molar-refractivity contribution >= 4 is 17.5 Å². The smallest absolute Gasteiger partial charge is 0.255 e. The van der Waals surface area contributed by atoms with Gasteiger partial charge < -0.3 is 14.7 Å². The molecule has 4 atom stereocenters. The molecule has 2 fully saturated rings. The fourth-order valence-electron chi connectivity index (χ4n) is 4.25. The molecule has 4 rings (SSSR count). The molecule has 27 heavy (non-hydrogen) atoms. The summed E-state index contributed by atoms with van der Waals surface area (Å²) in [5, 5.41) is 11.2. The van der Waals surface area contributed by atoms with Crippen molar-refractivity contribution in [3.63, 3.8) is 0 Å². The summed E-state index contributed by atoms with van der Waals surface area (Å²) in [6.45, 7) is 3.31. The van der Waals surface area contributed by atoms with Gasteiger partial charge in [-0.1, -0.05) is 17.7 Å². The van der Waals surface area contributed by atoms with Gasteiger partial charge in [-0.2, -0.15) is 0 Å². The minimum atomic E-state index is -0.541. The van der Waals surface area contributed by atoms with Gasteiger partial charge in [0.05, 0.1) is 11.7 Å². The molecule has 1 aromatic carbocycles. The van der Waals surface area contributed by atoms with Crippen LogP contribution in [0, 0.1) is 18.8 Å². The van der Waals surface area contributed by atoms with Crippen LogP contribution in [0.25, 0.3) is 0 Å². The Hall–Kier alpha value is -2.11. The second-order valence-corrected chi connectivity index (χ2v) is 8.07. The van der Waals surface area contributed by atoms with Crippen LogP contribution in [0.2, 0.25) is 5.02 Å². The number of ether oxygens (including phenoxy) is 1. The number of aliphatic hydroxyl groups excluding tert-OH is 1. The van der Waals surface area contributed by atoms with Crippen molar-refractivity contribution in [1.29, 1.82) is 0 Å². The molecule has 2 aliphatic rings. The highest BCUT2D eigenvalue weighted by Gasteiger charge is 2.44. The lowest BCUT2D eigenvalue weighted by Gasteiger charge is -2.35. The number of nitrogens with zero attached hydrogens (tertiary/aromatic N) is 2. The monoisotopic (exact) mass is 386 g/mol. The number of fused-ring (bicyclic) bond motifs is 1. The predicted molar refractivity (Wildman–Crippen MR) is 103 cm³/mol. The van der Waals surface area contributed by atoms with Crippen LogP contribution in [0.5, 0.6) is 5.75 Å². The van der Waals surface area contributed by atoms with Gasteiger partial charge in [-0.15, -0.1) is 0 Å². The first kappa shape index (κ1) is 18.3. The fraction of sp³-hybridized carbons (Fsp3) is 0.429. The number of pyridine rings is 1. The molecule has 1 amide bonds. The summed E-state index contributed by atoms with van der Waals surface area (Å²) >= 11 is 6.02. The molecular weight excluding hydrogens is 364 g/mol. The molecule has 0 spiro atoms. The minimum Gasteiger partial charge on any atom is -0.488 e. The fourth-order valence-corrected chi connectivity index (χ4v) is 4.43. The van der Waals surface area contributed by atoms with Gasteiger partial charge in [0.1, 0.15) is 11.9 Å². The van der Waals surface area contributed by atoms with Gasteiger partial charge in [0.2, 0.25) is 0 Å². The third-order valence-corrected chi connectivity index (χ3v) is 5.81. The largest absolute Gasteiger partial charge is 0.488 e. The SMILES string of the molecule is Cc1cncc(C(=O)N2C[C@H]3C[C@@H](Oc4cccc(Cl)c4)[C@H](O)C[C@H]3C2)c1. The zero-order valence-corrected chi connectivity index (χ0v) is 16.0. The average molecular weight is 387 g/mol. The van der Waals surface area contributed by atoms with Crippen LogP contribution < -0.4 is 4.74 Å². The third-order valence-electron chi connectivity index (χ3n) is 5.58. The molecular formula is C21H23ClN2O3. The van der Waals surface area contributed by atoms with Crippen molar-refractivity contribution in [1.82, 2.24) is 9.88 Å². The van der Waals surface area contributed by atoms with Crippen LogP contribution in [0.3, 0.4) is 0 Å². The van der Waals surface area contributed by atoms with Crippen molar-refractivity contribution in [3.05, 3.63) is 58.9 Å². The van der Waals surface area contributed by atoms with Crippen molar-refractivity contribution < 1.29 is 14.6 Å². The maximum Gasteiger partial charge on any atom is 0.255 e. The van der Waals surface area contributed by atoms with Gasteiger partial charge in [0, 0.05) is 30.5 Å². The number of aliphatic hydroxyl groups is 1. The van der Waals surface area contributed by atoms with Crippen LogP contribution in [-0.2, 0) is 0 Å². The molecule has 6 heteroatoms. The first-order valence-electron chi connectivity index (χ1n) is 9.31. The second kappa shape index (κ2) is 7.49. The van der Waals surface area contributed by atoms with Crippen LogP contribution in [-0.4, -0.2) is 46.2 Å². The molecule has 142 valence electrons. The molecule has 5 nitrogen and oxygen atoms in total. The van der Waals surface area contributed by atoms with Crippen molar-refractivity contribution in [2.45, 2.75) is 32.0 Å². The molecule has 1 saturated heterocycles. The van der Waals surface area contributed by atoms with E-state index in [1.807, 2.05) is 30.0 Å². The lowest BCUT2D eigenvalue weighted by Crippen LogP contribution is -2.42. The molecule has 1 aliphatic heterocycles. The lowest BCUT2D eigenvalue weighted by molar-refractivity contribution is -0.0231. The van der Waals surface area contributed by atoms with Crippen LogP contribution in [0.4, 0.5) is 0 Å². The van der Waals surface area contributed by atoms with Crippen LogP contribution >= 0.6 is 11.6 Å². The molecule has 2 heterocycles. The number of carbonyl (C=O) groups is 1. The molecule has 0 bridgehead atoms. The summed E-state index contributed by atoms with van der Waals surface area (Å²) in [5.41, 5.74) is 1.60. The number of amides is 1. The average Bonchev–Trinajstić information content (AvgIpc) is 3.04. The number of hydrogen-bond donors (Lipinski definition) is 1. The summed E-state index contributed by atoms with van der Waals surface area (Å²) in [4.78, 5) is 18.8. The first-order valence-corrected chi connectivity index (χ1v) is 9.68. The van der Waals surface area contributed by atoms with Gasteiger partial charge in [-0.3, -0.25) is 9.78 Å². The summed E-state index contributed by atoms with van der Waals surface area (Å²) in [6.07, 6.45) is 3.92. The van der Waals surface area contributed by atoms with E-state index < -0.39 is 6.10 Å². The highest BCUT2D eigenvalue weighted by Crippen LogP contribution is 2.38. The summed E-state index contributed by atoms with van der Waals surface area (Å²) in [6, 6.07) is 9.11. The van der Waals surface area contributed by atoms with Crippen molar-refractivity contribution in [2.75, 3.05) is 13.1 Å². The van der Waals surface area contributed by atoms with Gasteiger partial charge >= 0.3 is 0 Å². The number of halogens is 1. The standard InChI is InChI=1S/C21H23ClN2O3/c1-13-5-14(10-23-9-13)21(26)24-11-15-6-19(25)20(7-16(15)12-24)27-18-4-2-3-17(22)8-18/h2-5,8-10,15-16,19-20,25H,6-7,11-12H2,1H3/t15-,16+,19+,20+/m0/s1. The Balaban J connectivity index is 1.43. The predicted octanol–water partition coefficient (Wildman–Crippen LogP) is 3.33. The molecule has 2 aromatic rings. The summed E-state index contributed by atoms with van der Waals surface area (Å²) in [5.74, 6) is 1.32. The van der Waals surface area contributed by atoms with E-state index in [9.17, 15) is 9.90 Å². The lowest BCUT2D eigenvalue weighted by atomic mass is 9.78. The van der Waals surface area contributed by atoms with E-state index in [0.29, 0.717) is 47.7 Å². The Morgan fingerprint density at radius 3 is 2.74 bits per heavy atom. The van der Waals surface area contributed by atoms with Gasteiger partial charge in [0.15, 0.2) is 0 Å². The number of aryl methyl sites for hydroxylation is 1. The van der Waals surface area contributed by atoms with E-state index in [1.54, 1.807) is 24.5 Å². The summed E-state index contributed by atoms with van der Waals surface area (Å²) in [7, 11) is 0. The number of aromatic nitrogens is 1. The Labute approximate surface area is 163 Å². The van der Waals surface area contributed by atoms with E-state index >= 15 is 0 Å². The number of carbonyl (C=O) groups excluding carboxylic acids is 1. The topological polar surface area (TPSA) is 62.7 Å². The first-order chi connectivity index (χ1) is 13.0. The Kier molecular flexibility index (Phi) is 5.06. The quantitative estimate of drug-likeness (QED) is 0.878.